The van der Waals surface area contributed by atoms with Crippen LogP contribution in [0.1, 0.15) is 22.3 Å². The van der Waals surface area contributed by atoms with Crippen molar-refractivity contribution in [2.45, 2.75) is 5.41 Å². The summed E-state index contributed by atoms with van der Waals surface area (Å²) in [6.45, 7) is 0. The van der Waals surface area contributed by atoms with Crippen LogP contribution < -0.4 is 0 Å². The van der Waals surface area contributed by atoms with Crippen molar-refractivity contribution >= 4 is 43.6 Å². The number of hydrogen-bond donors (Lipinski definition) is 0. The Kier molecular flexibility index (Phi) is 5.91. The topological polar surface area (TPSA) is 9.86 Å². The molecule has 10 aromatic rings. The maximum absolute atomic E-state index is 2.51. The second-order valence-corrected chi connectivity index (χ2v) is 13.7. The monoisotopic (exact) mass is 648 g/mol. The summed E-state index contributed by atoms with van der Waals surface area (Å²) in [7, 11) is 0. The van der Waals surface area contributed by atoms with E-state index in [0.29, 0.717) is 0 Å². The lowest BCUT2D eigenvalue weighted by atomic mass is 9.67. The van der Waals surface area contributed by atoms with Gasteiger partial charge >= 0.3 is 0 Å². The first-order chi connectivity index (χ1) is 25.3. The van der Waals surface area contributed by atoms with Crippen LogP contribution in [0.25, 0.3) is 66.1 Å². The van der Waals surface area contributed by atoms with Gasteiger partial charge in [-0.1, -0.05) is 146 Å². The quantitative estimate of drug-likeness (QED) is 0.180. The van der Waals surface area contributed by atoms with Crippen molar-refractivity contribution in [3.05, 3.63) is 216 Å². The molecule has 0 spiro atoms. The molecule has 11 rings (SSSR count). The Hall–Kier alpha value is -6.64. The van der Waals surface area contributed by atoms with Crippen LogP contribution in [-0.2, 0) is 5.41 Å². The largest absolute Gasteiger partial charge is 0.309 e. The molecule has 0 amide bonds. The molecule has 2 heteroatoms. The maximum atomic E-state index is 2.51. The van der Waals surface area contributed by atoms with Gasteiger partial charge in [-0.3, -0.25) is 0 Å². The van der Waals surface area contributed by atoms with Crippen LogP contribution in [0, 0.1) is 0 Å². The van der Waals surface area contributed by atoms with E-state index in [2.05, 4.69) is 203 Å². The summed E-state index contributed by atoms with van der Waals surface area (Å²) in [5.41, 5.74) is 14.5. The number of hydrogen-bond acceptors (Lipinski definition) is 0. The van der Waals surface area contributed by atoms with Gasteiger partial charge in [0, 0.05) is 32.9 Å². The van der Waals surface area contributed by atoms with Gasteiger partial charge in [-0.05, 0) is 81.9 Å². The van der Waals surface area contributed by atoms with Gasteiger partial charge in [0.1, 0.15) is 0 Å². The molecule has 238 valence electrons. The minimum absolute atomic E-state index is 0.482. The summed E-state index contributed by atoms with van der Waals surface area (Å²) >= 11 is 0. The van der Waals surface area contributed by atoms with Crippen LogP contribution >= 0.6 is 0 Å². The third-order valence-electron chi connectivity index (χ3n) is 11.2. The van der Waals surface area contributed by atoms with Crippen LogP contribution in [0.5, 0.6) is 0 Å². The minimum Gasteiger partial charge on any atom is -0.309 e. The summed E-state index contributed by atoms with van der Waals surface area (Å²) < 4.78 is 4.92. The fraction of sp³-hybridized carbons (Fsp3) is 0.0204. The van der Waals surface area contributed by atoms with Crippen molar-refractivity contribution in [1.82, 2.24) is 9.13 Å². The van der Waals surface area contributed by atoms with Gasteiger partial charge in [0.05, 0.1) is 27.5 Å². The molecule has 0 saturated carbocycles. The van der Waals surface area contributed by atoms with E-state index in [4.69, 9.17) is 0 Å². The number of nitrogens with zero attached hydrogens (tertiary/aromatic N) is 2. The minimum atomic E-state index is -0.482. The first-order valence-electron chi connectivity index (χ1n) is 17.7. The van der Waals surface area contributed by atoms with Crippen LogP contribution in [0.15, 0.2) is 194 Å². The highest BCUT2D eigenvalue weighted by Crippen LogP contribution is 2.56. The van der Waals surface area contributed by atoms with E-state index < -0.39 is 5.41 Å². The Morgan fingerprint density at radius 3 is 1.55 bits per heavy atom. The molecule has 0 saturated heterocycles. The standard InChI is InChI=1S/C49H32N2/c1-4-16-33(17-5-1)49(42-25-13-10-22-37(42)38-23-11-14-26-43(38)49)34-28-30-45-41(32-34)47-46(50(45)35-18-6-2-7-19-35)31-29-40-39-24-12-15-27-44(39)51(48(40)47)36-20-8-3-9-21-36/h1-32H. The van der Waals surface area contributed by atoms with Gasteiger partial charge in [-0.15, -0.1) is 0 Å². The molecule has 2 nitrogen and oxygen atoms in total. The van der Waals surface area contributed by atoms with E-state index in [-0.39, 0.29) is 0 Å². The zero-order valence-electron chi connectivity index (χ0n) is 27.9. The highest BCUT2D eigenvalue weighted by molar-refractivity contribution is 6.26. The van der Waals surface area contributed by atoms with Crippen LogP contribution in [0.2, 0.25) is 0 Å². The van der Waals surface area contributed by atoms with Crippen LogP contribution in [0.3, 0.4) is 0 Å². The molecule has 8 aromatic carbocycles. The second kappa shape index (κ2) is 10.7. The molecule has 0 radical (unpaired) electrons. The summed E-state index contributed by atoms with van der Waals surface area (Å²) in [4.78, 5) is 0. The predicted octanol–water partition coefficient (Wildman–Crippen LogP) is 12.2. The first-order valence-corrected chi connectivity index (χ1v) is 17.7. The van der Waals surface area contributed by atoms with Gasteiger partial charge in [-0.2, -0.15) is 0 Å². The van der Waals surface area contributed by atoms with Crippen molar-refractivity contribution in [3.63, 3.8) is 0 Å². The molecule has 51 heavy (non-hydrogen) atoms. The molecule has 0 N–H and O–H groups in total. The smallest absolute Gasteiger partial charge is 0.0713 e. The normalized spacial score (nSPS) is 13.3. The fourth-order valence-electron chi connectivity index (χ4n) is 9.21. The van der Waals surface area contributed by atoms with Gasteiger partial charge in [0.25, 0.3) is 0 Å². The summed E-state index contributed by atoms with van der Waals surface area (Å²) in [5, 5.41) is 5.02. The zero-order valence-corrected chi connectivity index (χ0v) is 27.9. The van der Waals surface area contributed by atoms with E-state index >= 15 is 0 Å². The SMILES string of the molecule is c1ccc(-n2c3ccc(C4(c5ccccc5)c5ccccc5-c5ccccc54)cc3c3c2ccc2c4ccccc4n(-c4ccccc4)c23)cc1. The van der Waals surface area contributed by atoms with Crippen LogP contribution in [0.4, 0.5) is 0 Å². The molecule has 0 unspecified atom stereocenters. The molecule has 1 aliphatic carbocycles. The number of rotatable bonds is 4. The molecular weight excluding hydrogens is 617 g/mol. The average molecular weight is 649 g/mol. The number of para-hydroxylation sites is 3. The van der Waals surface area contributed by atoms with E-state index in [0.717, 1.165) is 11.4 Å². The summed E-state index contributed by atoms with van der Waals surface area (Å²) in [6, 6.07) is 71.5. The molecule has 0 bridgehead atoms. The number of fused-ring (bicyclic) bond motifs is 10. The van der Waals surface area contributed by atoms with Crippen molar-refractivity contribution in [1.29, 1.82) is 0 Å². The Bertz CT molecular complexity index is 2900. The molecule has 0 aliphatic heterocycles. The van der Waals surface area contributed by atoms with Gasteiger partial charge in [0.2, 0.25) is 0 Å². The Morgan fingerprint density at radius 2 is 0.863 bits per heavy atom. The van der Waals surface area contributed by atoms with Crippen molar-refractivity contribution in [3.8, 4) is 22.5 Å². The Balaban J connectivity index is 1.35. The van der Waals surface area contributed by atoms with Gasteiger partial charge in [-0.25, -0.2) is 0 Å². The van der Waals surface area contributed by atoms with Gasteiger partial charge in [0.15, 0.2) is 0 Å². The lowest BCUT2D eigenvalue weighted by molar-refractivity contribution is 0.770. The number of benzene rings is 8. The first kappa shape index (κ1) is 28.2. The van der Waals surface area contributed by atoms with E-state index in [1.54, 1.807) is 0 Å². The maximum Gasteiger partial charge on any atom is 0.0713 e. The highest BCUT2D eigenvalue weighted by Gasteiger charge is 2.46. The molecule has 2 heterocycles. The molecule has 0 atom stereocenters. The average Bonchev–Trinajstić information content (AvgIpc) is 3.83. The van der Waals surface area contributed by atoms with E-state index in [1.807, 2.05) is 0 Å². The zero-order chi connectivity index (χ0) is 33.5. The van der Waals surface area contributed by atoms with Gasteiger partial charge < -0.3 is 9.13 Å². The Labute approximate surface area is 296 Å². The van der Waals surface area contributed by atoms with Crippen molar-refractivity contribution in [2.24, 2.45) is 0 Å². The second-order valence-electron chi connectivity index (χ2n) is 13.7. The van der Waals surface area contributed by atoms with Crippen LogP contribution in [-0.4, -0.2) is 9.13 Å². The molecule has 2 aromatic heterocycles. The lowest BCUT2D eigenvalue weighted by Crippen LogP contribution is -2.28. The lowest BCUT2D eigenvalue weighted by Gasteiger charge is -2.34. The number of aromatic nitrogens is 2. The fourth-order valence-corrected chi connectivity index (χ4v) is 9.21. The van der Waals surface area contributed by atoms with E-state index in [1.165, 1.54) is 77.0 Å². The summed E-state index contributed by atoms with van der Waals surface area (Å²) in [5.74, 6) is 0. The predicted molar refractivity (Wildman–Crippen MR) is 212 cm³/mol. The highest BCUT2D eigenvalue weighted by atomic mass is 15.0. The Morgan fingerprint density at radius 1 is 0.333 bits per heavy atom. The van der Waals surface area contributed by atoms with Crippen molar-refractivity contribution < 1.29 is 0 Å². The molecule has 0 fully saturated rings. The van der Waals surface area contributed by atoms with E-state index in [9.17, 15) is 0 Å². The summed E-state index contributed by atoms with van der Waals surface area (Å²) in [6.07, 6.45) is 0. The molecular formula is C49H32N2. The van der Waals surface area contributed by atoms with Crippen molar-refractivity contribution in [2.75, 3.05) is 0 Å². The third-order valence-corrected chi connectivity index (χ3v) is 11.2. The third kappa shape index (κ3) is 3.76. The molecule has 1 aliphatic rings.